The van der Waals surface area contributed by atoms with Gasteiger partial charge in [0.25, 0.3) is 0 Å². The van der Waals surface area contributed by atoms with Gasteiger partial charge in [-0.1, -0.05) is 25.0 Å². The van der Waals surface area contributed by atoms with Gasteiger partial charge in [-0.15, -0.1) is 0 Å². The molecule has 0 saturated heterocycles. The zero-order valence-electron chi connectivity index (χ0n) is 14.9. The highest BCUT2D eigenvalue weighted by Crippen LogP contribution is 2.20. The van der Waals surface area contributed by atoms with E-state index in [4.69, 9.17) is 0 Å². The van der Waals surface area contributed by atoms with Crippen molar-refractivity contribution in [3.63, 3.8) is 0 Å². The Bertz CT molecular complexity index is 672. The number of carbonyl (C=O) groups is 1. The first-order valence-electron chi connectivity index (χ1n) is 8.76. The molecule has 0 aromatic heterocycles. The molecule has 6 nitrogen and oxygen atoms in total. The molecule has 1 fully saturated rings. The van der Waals surface area contributed by atoms with Crippen LogP contribution >= 0.6 is 0 Å². The van der Waals surface area contributed by atoms with Gasteiger partial charge >= 0.3 is 0 Å². The van der Waals surface area contributed by atoms with E-state index < -0.39 is 15.6 Å². The number of hydrogen-bond acceptors (Lipinski definition) is 4. The lowest BCUT2D eigenvalue weighted by atomic mass is 10.1. The Kier molecular flexibility index (Phi) is 6.59. The van der Waals surface area contributed by atoms with Gasteiger partial charge in [0.1, 0.15) is 0 Å². The topological polar surface area (TPSA) is 95.5 Å². The van der Waals surface area contributed by atoms with E-state index in [0.717, 1.165) is 31.2 Å². The van der Waals surface area contributed by atoms with Crippen LogP contribution in [0.2, 0.25) is 0 Å². The number of nitrogens with one attached hydrogen (secondary N) is 2. The third-order valence-electron chi connectivity index (χ3n) is 4.27. The minimum atomic E-state index is -3.47. The summed E-state index contributed by atoms with van der Waals surface area (Å²) in [5.41, 5.74) is -0.0314. The molecule has 0 radical (unpaired) electrons. The van der Waals surface area contributed by atoms with Gasteiger partial charge in [-0.2, -0.15) is 0 Å². The Labute approximate surface area is 150 Å². The fourth-order valence-corrected chi connectivity index (χ4v) is 4.13. The van der Waals surface area contributed by atoms with E-state index in [1.54, 1.807) is 38.1 Å². The Hall–Kier alpha value is -1.44. The van der Waals surface area contributed by atoms with Crippen LogP contribution in [0.25, 0.3) is 0 Å². The van der Waals surface area contributed by atoms with Crippen molar-refractivity contribution in [1.29, 1.82) is 0 Å². The number of carbonyl (C=O) groups excluding carboxylic acids is 1. The van der Waals surface area contributed by atoms with Crippen molar-refractivity contribution in [1.82, 2.24) is 10.0 Å². The monoisotopic (exact) mass is 368 g/mol. The Morgan fingerprint density at radius 1 is 1.20 bits per heavy atom. The summed E-state index contributed by atoms with van der Waals surface area (Å²) in [4.78, 5) is 12.0. The first kappa shape index (κ1) is 19.9. The van der Waals surface area contributed by atoms with Crippen LogP contribution in [0.1, 0.15) is 51.5 Å². The zero-order valence-corrected chi connectivity index (χ0v) is 15.7. The average Bonchev–Trinajstić information content (AvgIpc) is 3.03. The summed E-state index contributed by atoms with van der Waals surface area (Å²) in [6, 6.07) is 6.70. The van der Waals surface area contributed by atoms with Crippen LogP contribution in [0.15, 0.2) is 29.2 Å². The van der Waals surface area contributed by atoms with E-state index in [1.165, 1.54) is 0 Å². The van der Waals surface area contributed by atoms with Crippen molar-refractivity contribution in [2.24, 2.45) is 0 Å². The average molecular weight is 368 g/mol. The Balaban J connectivity index is 1.85. The molecule has 25 heavy (non-hydrogen) atoms. The summed E-state index contributed by atoms with van der Waals surface area (Å²) in [7, 11) is -3.47. The van der Waals surface area contributed by atoms with E-state index in [2.05, 4.69) is 10.0 Å². The lowest BCUT2D eigenvalue weighted by Crippen LogP contribution is -2.38. The molecule has 0 atom stereocenters. The molecule has 0 unspecified atom stereocenters. The molecule has 0 heterocycles. The summed E-state index contributed by atoms with van der Waals surface area (Å²) in [5.74, 6) is -0.137. The van der Waals surface area contributed by atoms with E-state index in [1.807, 2.05) is 0 Å². The molecular weight excluding hydrogens is 340 g/mol. The van der Waals surface area contributed by atoms with E-state index in [0.29, 0.717) is 12.8 Å². The Morgan fingerprint density at radius 3 is 2.36 bits per heavy atom. The minimum absolute atomic E-state index is 0.0455. The molecule has 1 amide bonds. The minimum Gasteiger partial charge on any atom is -0.389 e. The molecule has 1 aromatic carbocycles. The molecule has 1 aliphatic carbocycles. The lowest BCUT2D eigenvalue weighted by Gasteiger charge is -2.17. The van der Waals surface area contributed by atoms with Crippen LogP contribution in [0, 0.1) is 0 Å². The van der Waals surface area contributed by atoms with Gasteiger partial charge in [0.15, 0.2) is 0 Å². The van der Waals surface area contributed by atoms with Crippen LogP contribution in [-0.2, 0) is 21.2 Å². The molecule has 140 valence electrons. The van der Waals surface area contributed by atoms with Crippen molar-refractivity contribution in [2.45, 2.75) is 68.9 Å². The van der Waals surface area contributed by atoms with Crippen LogP contribution in [-0.4, -0.2) is 37.6 Å². The molecule has 2 rings (SSSR count). The highest BCUT2D eigenvalue weighted by Gasteiger charge is 2.22. The number of amides is 1. The molecule has 0 spiro atoms. The standard InChI is InChI=1S/C18H28N2O4S/c1-18(2,22)13-19-17(21)12-9-14-7-10-16(11-8-14)25(23,24)20-15-5-3-4-6-15/h7-8,10-11,15,20,22H,3-6,9,12-13H2,1-2H3,(H,19,21). The third kappa shape index (κ3) is 6.76. The summed E-state index contributed by atoms with van der Waals surface area (Å²) in [5, 5.41) is 12.3. The van der Waals surface area contributed by atoms with Gasteiger partial charge in [0, 0.05) is 19.0 Å². The van der Waals surface area contributed by atoms with Gasteiger partial charge in [0.2, 0.25) is 15.9 Å². The molecule has 7 heteroatoms. The number of rotatable bonds is 8. The molecule has 3 N–H and O–H groups in total. The fourth-order valence-electron chi connectivity index (χ4n) is 2.83. The van der Waals surface area contributed by atoms with Crippen LogP contribution < -0.4 is 10.0 Å². The second-order valence-electron chi connectivity index (χ2n) is 7.34. The maximum atomic E-state index is 12.3. The number of sulfonamides is 1. The smallest absolute Gasteiger partial charge is 0.240 e. The predicted octanol–water partition coefficient (Wildman–Crippen LogP) is 1.73. The Morgan fingerprint density at radius 2 is 1.80 bits per heavy atom. The highest BCUT2D eigenvalue weighted by atomic mass is 32.2. The maximum absolute atomic E-state index is 12.3. The second-order valence-corrected chi connectivity index (χ2v) is 9.05. The van der Waals surface area contributed by atoms with Crippen LogP contribution in [0.5, 0.6) is 0 Å². The summed E-state index contributed by atoms with van der Waals surface area (Å²) in [6.07, 6.45) is 4.76. The van der Waals surface area contributed by atoms with Crippen molar-refractivity contribution < 1.29 is 18.3 Å². The predicted molar refractivity (Wildman–Crippen MR) is 96.6 cm³/mol. The van der Waals surface area contributed by atoms with E-state index in [9.17, 15) is 18.3 Å². The SMILES string of the molecule is CC(C)(O)CNC(=O)CCc1ccc(S(=O)(=O)NC2CCCC2)cc1. The van der Waals surface area contributed by atoms with Gasteiger partial charge < -0.3 is 10.4 Å². The summed E-state index contributed by atoms with van der Waals surface area (Å²) >= 11 is 0. The molecule has 1 saturated carbocycles. The van der Waals surface area contributed by atoms with Crippen molar-refractivity contribution in [2.75, 3.05) is 6.54 Å². The lowest BCUT2D eigenvalue weighted by molar-refractivity contribution is -0.122. The van der Waals surface area contributed by atoms with E-state index in [-0.39, 0.29) is 23.4 Å². The largest absolute Gasteiger partial charge is 0.389 e. The van der Waals surface area contributed by atoms with Crippen molar-refractivity contribution in [3.8, 4) is 0 Å². The molecular formula is C18H28N2O4S. The zero-order chi connectivity index (χ0) is 18.5. The molecule has 0 bridgehead atoms. The van der Waals surface area contributed by atoms with Crippen molar-refractivity contribution >= 4 is 15.9 Å². The normalized spacial score (nSPS) is 16.1. The van der Waals surface area contributed by atoms with Gasteiger partial charge in [-0.3, -0.25) is 4.79 Å². The van der Waals surface area contributed by atoms with Crippen LogP contribution in [0.4, 0.5) is 0 Å². The maximum Gasteiger partial charge on any atom is 0.240 e. The third-order valence-corrected chi connectivity index (χ3v) is 5.81. The van der Waals surface area contributed by atoms with Gasteiger partial charge in [0.05, 0.1) is 10.5 Å². The number of aryl methyl sites for hydroxylation is 1. The van der Waals surface area contributed by atoms with Crippen LogP contribution in [0.3, 0.4) is 0 Å². The molecule has 0 aliphatic heterocycles. The number of benzene rings is 1. The first-order chi connectivity index (χ1) is 11.7. The fraction of sp³-hybridized carbons (Fsp3) is 0.611. The van der Waals surface area contributed by atoms with E-state index >= 15 is 0 Å². The number of aliphatic hydroxyl groups is 1. The molecule has 1 aromatic rings. The highest BCUT2D eigenvalue weighted by molar-refractivity contribution is 7.89. The van der Waals surface area contributed by atoms with Crippen molar-refractivity contribution in [3.05, 3.63) is 29.8 Å². The number of hydrogen-bond donors (Lipinski definition) is 3. The quantitative estimate of drug-likeness (QED) is 0.651. The second kappa shape index (κ2) is 8.29. The molecule has 1 aliphatic rings. The first-order valence-corrected chi connectivity index (χ1v) is 10.2. The summed E-state index contributed by atoms with van der Waals surface area (Å²) in [6.45, 7) is 3.47. The summed E-state index contributed by atoms with van der Waals surface area (Å²) < 4.78 is 27.4. The van der Waals surface area contributed by atoms with Gasteiger partial charge in [-0.05, 0) is 50.8 Å². The van der Waals surface area contributed by atoms with Gasteiger partial charge in [-0.25, -0.2) is 13.1 Å².